The molecule has 2 heterocycles. The Morgan fingerprint density at radius 2 is 2.12 bits per heavy atom. The number of guanidine groups is 1. The molecule has 1 aliphatic rings. The van der Waals surface area contributed by atoms with Gasteiger partial charge in [-0.3, -0.25) is 9.89 Å². The van der Waals surface area contributed by atoms with Crippen molar-refractivity contribution in [3.63, 3.8) is 0 Å². The summed E-state index contributed by atoms with van der Waals surface area (Å²) in [6.07, 6.45) is 3.58. The molecule has 0 saturated carbocycles. The Morgan fingerprint density at radius 3 is 2.71 bits per heavy atom. The molecule has 138 valence electrons. The summed E-state index contributed by atoms with van der Waals surface area (Å²) in [6, 6.07) is 0.544. The van der Waals surface area contributed by atoms with Crippen LogP contribution in [0.15, 0.2) is 10.4 Å². The molecule has 0 aliphatic carbocycles. The van der Waals surface area contributed by atoms with Gasteiger partial charge in [0.2, 0.25) is 0 Å². The number of aromatic nitrogens is 1. The molecule has 7 heteroatoms. The van der Waals surface area contributed by atoms with Crippen LogP contribution in [0, 0.1) is 12.8 Å². The maximum Gasteiger partial charge on any atom is 0.191 e. The number of nitrogens with zero attached hydrogens (tertiary/aromatic N) is 3. The topological polar surface area (TPSA) is 52.6 Å². The summed E-state index contributed by atoms with van der Waals surface area (Å²) >= 11 is 1.71. The number of hydrogen-bond acceptors (Lipinski definition) is 4. The summed E-state index contributed by atoms with van der Waals surface area (Å²) in [4.78, 5) is 11.4. The third-order valence-corrected chi connectivity index (χ3v) is 5.39. The number of piperidine rings is 1. The second-order valence-corrected chi connectivity index (χ2v) is 7.62. The van der Waals surface area contributed by atoms with Crippen LogP contribution in [0.3, 0.4) is 0 Å². The maximum atomic E-state index is 4.49. The molecule has 0 amide bonds. The first-order valence-electron chi connectivity index (χ1n) is 8.68. The number of aryl methyl sites for hydroxylation is 1. The van der Waals surface area contributed by atoms with Gasteiger partial charge < -0.3 is 10.6 Å². The Kier molecular flexibility index (Phi) is 10.1. The molecule has 1 aromatic heterocycles. The first kappa shape index (κ1) is 21.6. The molecule has 2 N–H and O–H groups in total. The average molecular weight is 465 g/mol. The minimum absolute atomic E-state index is 0. The Labute approximate surface area is 167 Å². The van der Waals surface area contributed by atoms with Gasteiger partial charge in [-0.15, -0.1) is 35.3 Å². The SMILES string of the molecule is CN=C(NCCc1csc(C)n1)NCC(C)N1CCC(C)CC1.I. The Balaban J connectivity index is 0.00000288. The highest BCUT2D eigenvalue weighted by atomic mass is 127. The van der Waals surface area contributed by atoms with E-state index in [4.69, 9.17) is 0 Å². The lowest BCUT2D eigenvalue weighted by Gasteiger charge is -2.35. The molecule has 24 heavy (non-hydrogen) atoms. The van der Waals surface area contributed by atoms with Crippen molar-refractivity contribution >= 4 is 41.3 Å². The summed E-state index contributed by atoms with van der Waals surface area (Å²) < 4.78 is 0. The van der Waals surface area contributed by atoms with Crippen molar-refractivity contribution in [3.8, 4) is 0 Å². The van der Waals surface area contributed by atoms with E-state index in [-0.39, 0.29) is 24.0 Å². The first-order valence-corrected chi connectivity index (χ1v) is 9.56. The summed E-state index contributed by atoms with van der Waals surface area (Å²) in [5.74, 6) is 1.77. The van der Waals surface area contributed by atoms with Gasteiger partial charge in [0.05, 0.1) is 10.7 Å². The molecule has 0 spiro atoms. The normalized spacial score (nSPS) is 18.1. The van der Waals surface area contributed by atoms with Gasteiger partial charge in [-0.1, -0.05) is 6.92 Å². The largest absolute Gasteiger partial charge is 0.356 e. The Bertz CT molecular complexity index is 497. The minimum atomic E-state index is 0. The zero-order chi connectivity index (χ0) is 16.7. The smallest absolute Gasteiger partial charge is 0.191 e. The molecular formula is C17H32IN5S. The van der Waals surface area contributed by atoms with Crippen LogP contribution in [0.5, 0.6) is 0 Å². The van der Waals surface area contributed by atoms with Gasteiger partial charge in [0.25, 0.3) is 0 Å². The minimum Gasteiger partial charge on any atom is -0.356 e. The zero-order valence-corrected chi connectivity index (χ0v) is 18.5. The summed E-state index contributed by atoms with van der Waals surface area (Å²) in [5.41, 5.74) is 1.16. The van der Waals surface area contributed by atoms with E-state index >= 15 is 0 Å². The van der Waals surface area contributed by atoms with E-state index < -0.39 is 0 Å². The predicted molar refractivity (Wildman–Crippen MR) is 115 cm³/mol. The quantitative estimate of drug-likeness (QED) is 0.386. The van der Waals surface area contributed by atoms with Crippen LogP contribution in [0.4, 0.5) is 0 Å². The molecule has 1 saturated heterocycles. The van der Waals surface area contributed by atoms with Crippen molar-refractivity contribution in [2.45, 2.75) is 46.1 Å². The third-order valence-electron chi connectivity index (χ3n) is 4.57. The highest BCUT2D eigenvalue weighted by molar-refractivity contribution is 14.0. The molecule has 1 fully saturated rings. The van der Waals surface area contributed by atoms with E-state index in [2.05, 4.69) is 44.7 Å². The van der Waals surface area contributed by atoms with Crippen molar-refractivity contribution in [1.82, 2.24) is 20.5 Å². The van der Waals surface area contributed by atoms with Crippen molar-refractivity contribution in [2.75, 3.05) is 33.2 Å². The van der Waals surface area contributed by atoms with E-state index in [1.54, 1.807) is 11.3 Å². The van der Waals surface area contributed by atoms with Crippen molar-refractivity contribution in [1.29, 1.82) is 0 Å². The van der Waals surface area contributed by atoms with Crippen LogP contribution < -0.4 is 10.6 Å². The van der Waals surface area contributed by atoms with E-state index in [1.165, 1.54) is 25.9 Å². The monoisotopic (exact) mass is 465 g/mol. The van der Waals surface area contributed by atoms with Gasteiger partial charge in [-0.05, 0) is 45.7 Å². The molecule has 2 rings (SSSR count). The van der Waals surface area contributed by atoms with Gasteiger partial charge in [0.15, 0.2) is 5.96 Å². The third kappa shape index (κ3) is 7.23. The number of nitrogens with one attached hydrogen (secondary N) is 2. The Hall–Kier alpha value is -0.410. The fourth-order valence-corrected chi connectivity index (χ4v) is 3.54. The Morgan fingerprint density at radius 1 is 1.42 bits per heavy atom. The number of aliphatic imine (C=N–C) groups is 1. The zero-order valence-electron chi connectivity index (χ0n) is 15.3. The molecule has 1 aromatic rings. The molecule has 1 atom stereocenters. The van der Waals surface area contributed by atoms with Gasteiger partial charge in [0.1, 0.15) is 0 Å². The van der Waals surface area contributed by atoms with E-state index in [1.807, 2.05) is 14.0 Å². The average Bonchev–Trinajstić information content (AvgIpc) is 2.96. The highest BCUT2D eigenvalue weighted by Crippen LogP contribution is 2.17. The van der Waals surface area contributed by atoms with Gasteiger partial charge >= 0.3 is 0 Å². The van der Waals surface area contributed by atoms with Gasteiger partial charge in [0, 0.05) is 38.0 Å². The molecule has 1 unspecified atom stereocenters. The van der Waals surface area contributed by atoms with Crippen molar-refractivity contribution < 1.29 is 0 Å². The predicted octanol–water partition coefficient (Wildman–Crippen LogP) is 2.90. The molecule has 0 aromatic carbocycles. The van der Waals surface area contributed by atoms with Crippen LogP contribution >= 0.6 is 35.3 Å². The number of halogens is 1. The molecule has 0 radical (unpaired) electrons. The molecule has 5 nitrogen and oxygen atoms in total. The summed E-state index contributed by atoms with van der Waals surface area (Å²) in [5, 5.41) is 10.1. The van der Waals surface area contributed by atoms with Crippen molar-refractivity contribution in [3.05, 3.63) is 16.1 Å². The van der Waals surface area contributed by atoms with E-state index in [0.717, 1.165) is 42.1 Å². The standard InChI is InChI=1S/C17H31N5S.HI/c1-13-6-9-22(10-7-13)14(2)11-20-17(18-4)19-8-5-16-12-23-15(3)21-16;/h12-14H,5-11H2,1-4H3,(H2,18,19,20);1H. The second kappa shape index (κ2) is 11.3. The van der Waals surface area contributed by atoms with Crippen LogP contribution in [0.2, 0.25) is 0 Å². The number of rotatable bonds is 6. The van der Waals surface area contributed by atoms with Crippen LogP contribution in [0.1, 0.15) is 37.4 Å². The van der Waals surface area contributed by atoms with E-state index in [9.17, 15) is 0 Å². The van der Waals surface area contributed by atoms with Crippen LogP contribution in [0.25, 0.3) is 0 Å². The number of hydrogen-bond donors (Lipinski definition) is 2. The highest BCUT2D eigenvalue weighted by Gasteiger charge is 2.20. The fraction of sp³-hybridized carbons (Fsp3) is 0.765. The fourth-order valence-electron chi connectivity index (χ4n) is 2.90. The molecule has 0 bridgehead atoms. The van der Waals surface area contributed by atoms with Gasteiger partial charge in [-0.25, -0.2) is 4.98 Å². The molecular weight excluding hydrogens is 433 g/mol. The second-order valence-electron chi connectivity index (χ2n) is 6.56. The maximum absolute atomic E-state index is 4.49. The van der Waals surface area contributed by atoms with Crippen LogP contribution in [-0.4, -0.2) is 55.1 Å². The lowest BCUT2D eigenvalue weighted by Crippen LogP contribution is -2.48. The van der Waals surface area contributed by atoms with Crippen LogP contribution in [-0.2, 0) is 6.42 Å². The molecule has 1 aliphatic heterocycles. The summed E-state index contributed by atoms with van der Waals surface area (Å²) in [6.45, 7) is 10.9. The lowest BCUT2D eigenvalue weighted by molar-refractivity contribution is 0.147. The first-order chi connectivity index (χ1) is 11.1. The number of likely N-dealkylation sites (tertiary alicyclic amines) is 1. The lowest BCUT2D eigenvalue weighted by atomic mass is 9.98. The number of thiazole rings is 1. The van der Waals surface area contributed by atoms with Crippen molar-refractivity contribution in [2.24, 2.45) is 10.9 Å². The van der Waals surface area contributed by atoms with Gasteiger partial charge in [-0.2, -0.15) is 0 Å². The van der Waals surface area contributed by atoms with E-state index in [0.29, 0.717) is 6.04 Å². The summed E-state index contributed by atoms with van der Waals surface area (Å²) in [7, 11) is 1.83.